The number of nitrogens with one attached hydrogen (secondary N) is 2. The zero-order valence-electron chi connectivity index (χ0n) is 16.4. The third-order valence-electron chi connectivity index (χ3n) is 6.69. The van der Waals surface area contributed by atoms with E-state index in [2.05, 4.69) is 42.3 Å². The summed E-state index contributed by atoms with van der Waals surface area (Å²) < 4.78 is 2.27. The van der Waals surface area contributed by atoms with Crippen LogP contribution in [0.4, 0.5) is 0 Å². The highest BCUT2D eigenvalue weighted by Crippen LogP contribution is 2.32. The highest BCUT2D eigenvalue weighted by molar-refractivity contribution is 5.80. The molecule has 0 saturated carbocycles. The highest BCUT2D eigenvalue weighted by Gasteiger charge is 2.36. The van der Waals surface area contributed by atoms with E-state index >= 15 is 0 Å². The number of hydrogen-bond acceptors (Lipinski definition) is 4. The smallest absolute Gasteiger partial charge is 0.191 e. The molecule has 0 radical (unpaired) electrons. The lowest BCUT2D eigenvalue weighted by atomic mass is 9.82. The number of aliphatic imine (C=N–C) groups is 1. The minimum Gasteiger partial charge on any atom is -0.356 e. The Morgan fingerprint density at radius 2 is 1.96 bits per heavy atom. The molecule has 2 bridgehead atoms. The van der Waals surface area contributed by atoms with Gasteiger partial charge < -0.3 is 20.1 Å². The molecule has 26 heavy (non-hydrogen) atoms. The molecule has 1 aromatic rings. The second kappa shape index (κ2) is 7.55. The van der Waals surface area contributed by atoms with Crippen molar-refractivity contribution in [2.45, 2.75) is 76.5 Å². The molecular formula is C19H33N7. The van der Waals surface area contributed by atoms with Crippen molar-refractivity contribution in [2.24, 2.45) is 10.9 Å². The van der Waals surface area contributed by atoms with Gasteiger partial charge in [-0.1, -0.05) is 6.42 Å². The van der Waals surface area contributed by atoms with E-state index in [1.54, 1.807) is 0 Å². The van der Waals surface area contributed by atoms with Crippen molar-refractivity contribution in [1.82, 2.24) is 30.3 Å². The number of hydrogen-bond donors (Lipinski definition) is 2. The zero-order chi connectivity index (χ0) is 18.1. The average molecular weight is 360 g/mol. The number of nitrogens with zero attached hydrogens (tertiary/aromatic N) is 5. The maximum Gasteiger partial charge on any atom is 0.191 e. The van der Waals surface area contributed by atoms with Crippen molar-refractivity contribution in [2.75, 3.05) is 20.6 Å². The Bertz CT molecular complexity index is 638. The van der Waals surface area contributed by atoms with E-state index in [4.69, 9.17) is 0 Å². The van der Waals surface area contributed by atoms with Crippen LogP contribution >= 0.6 is 0 Å². The first-order valence-corrected chi connectivity index (χ1v) is 10.2. The standard InChI is InChI=1S/C19H33N7/c1-13-23-24-18-8-7-14(12-26(13)18)11-21-19(20-2)22-15-9-16-5-4-6-17(10-15)25(16)3/h14-17H,4-12H2,1-3H3,(H2,20,21,22). The van der Waals surface area contributed by atoms with E-state index in [0.29, 0.717) is 12.0 Å². The summed E-state index contributed by atoms with van der Waals surface area (Å²) in [5, 5.41) is 15.8. The molecule has 0 aromatic carbocycles. The van der Waals surface area contributed by atoms with Gasteiger partial charge in [0.15, 0.2) is 5.96 Å². The number of guanidine groups is 1. The molecule has 144 valence electrons. The molecule has 0 amide bonds. The molecule has 1 aromatic heterocycles. The Labute approximate surface area is 156 Å². The van der Waals surface area contributed by atoms with Gasteiger partial charge >= 0.3 is 0 Å². The summed E-state index contributed by atoms with van der Waals surface area (Å²) in [6.45, 7) is 4.01. The maximum atomic E-state index is 4.48. The minimum atomic E-state index is 0.547. The topological polar surface area (TPSA) is 70.4 Å². The fraction of sp³-hybridized carbons (Fsp3) is 0.842. The quantitative estimate of drug-likeness (QED) is 0.629. The Morgan fingerprint density at radius 1 is 1.19 bits per heavy atom. The van der Waals surface area contributed by atoms with Gasteiger partial charge in [0.2, 0.25) is 0 Å². The SMILES string of the molecule is CN=C(NCC1CCc2nnc(C)n2C1)NC1CC2CCCC(C1)N2C. The fourth-order valence-electron chi connectivity index (χ4n) is 5.06. The number of aromatic nitrogens is 3. The van der Waals surface area contributed by atoms with Crippen molar-refractivity contribution in [3.63, 3.8) is 0 Å². The monoisotopic (exact) mass is 359 g/mol. The summed E-state index contributed by atoms with van der Waals surface area (Å²) in [5.41, 5.74) is 0. The van der Waals surface area contributed by atoms with Crippen LogP contribution in [0.1, 0.15) is 50.2 Å². The maximum absolute atomic E-state index is 4.48. The van der Waals surface area contributed by atoms with Gasteiger partial charge in [-0.2, -0.15) is 0 Å². The van der Waals surface area contributed by atoms with Gasteiger partial charge in [0.25, 0.3) is 0 Å². The number of rotatable bonds is 3. The van der Waals surface area contributed by atoms with Gasteiger partial charge in [-0.15, -0.1) is 10.2 Å². The van der Waals surface area contributed by atoms with E-state index < -0.39 is 0 Å². The van der Waals surface area contributed by atoms with Crippen molar-refractivity contribution < 1.29 is 0 Å². The van der Waals surface area contributed by atoms with Crippen molar-refractivity contribution in [1.29, 1.82) is 0 Å². The molecule has 4 rings (SSSR count). The summed E-state index contributed by atoms with van der Waals surface area (Å²) in [7, 11) is 4.19. The normalized spacial score (nSPS) is 32.2. The molecule has 0 spiro atoms. The van der Waals surface area contributed by atoms with Gasteiger partial charge in [-0.3, -0.25) is 4.99 Å². The fourth-order valence-corrected chi connectivity index (χ4v) is 5.06. The number of fused-ring (bicyclic) bond motifs is 3. The predicted molar refractivity (Wildman–Crippen MR) is 103 cm³/mol. The first-order chi connectivity index (χ1) is 12.6. The van der Waals surface area contributed by atoms with Crippen LogP contribution < -0.4 is 10.6 Å². The Morgan fingerprint density at radius 3 is 2.69 bits per heavy atom. The van der Waals surface area contributed by atoms with E-state index in [9.17, 15) is 0 Å². The lowest BCUT2D eigenvalue weighted by Crippen LogP contribution is -2.57. The lowest BCUT2D eigenvalue weighted by molar-refractivity contribution is 0.0526. The van der Waals surface area contributed by atoms with Crippen LogP contribution in [0.15, 0.2) is 4.99 Å². The minimum absolute atomic E-state index is 0.547. The molecule has 2 fully saturated rings. The van der Waals surface area contributed by atoms with Crippen molar-refractivity contribution >= 4 is 5.96 Å². The van der Waals surface area contributed by atoms with Gasteiger partial charge in [0, 0.05) is 44.7 Å². The Kier molecular flexibility index (Phi) is 5.16. The molecular weight excluding hydrogens is 326 g/mol. The molecule has 2 saturated heterocycles. The second-order valence-electron chi connectivity index (χ2n) is 8.35. The molecule has 3 aliphatic heterocycles. The van der Waals surface area contributed by atoms with Crippen LogP contribution in [-0.4, -0.2) is 64.4 Å². The summed E-state index contributed by atoms with van der Waals surface area (Å²) in [4.78, 5) is 7.09. The van der Waals surface area contributed by atoms with Gasteiger partial charge in [0.1, 0.15) is 11.6 Å². The summed E-state index contributed by atoms with van der Waals surface area (Å²) >= 11 is 0. The molecule has 3 unspecified atom stereocenters. The molecule has 0 aliphatic carbocycles. The third-order valence-corrected chi connectivity index (χ3v) is 6.69. The first kappa shape index (κ1) is 17.8. The van der Waals surface area contributed by atoms with Gasteiger partial charge in [0.05, 0.1) is 0 Å². The van der Waals surface area contributed by atoms with Crippen LogP contribution in [0.25, 0.3) is 0 Å². The molecule has 3 atom stereocenters. The number of aryl methyl sites for hydroxylation is 2. The summed E-state index contributed by atoms with van der Waals surface area (Å²) in [6.07, 6.45) is 8.75. The number of piperidine rings is 2. The van der Waals surface area contributed by atoms with Gasteiger partial charge in [-0.05, 0) is 52.0 Å². The van der Waals surface area contributed by atoms with Gasteiger partial charge in [-0.25, -0.2) is 0 Å². The van der Waals surface area contributed by atoms with Crippen LogP contribution in [-0.2, 0) is 13.0 Å². The summed E-state index contributed by atoms with van der Waals surface area (Å²) in [5.74, 6) is 3.74. The lowest BCUT2D eigenvalue weighted by Gasteiger charge is -2.47. The van der Waals surface area contributed by atoms with Crippen LogP contribution in [0.5, 0.6) is 0 Å². The first-order valence-electron chi connectivity index (χ1n) is 10.2. The van der Waals surface area contributed by atoms with Crippen molar-refractivity contribution in [3.05, 3.63) is 11.6 Å². The predicted octanol–water partition coefficient (Wildman–Crippen LogP) is 1.33. The van der Waals surface area contributed by atoms with Crippen LogP contribution in [0.2, 0.25) is 0 Å². The van der Waals surface area contributed by atoms with E-state index in [-0.39, 0.29) is 0 Å². The summed E-state index contributed by atoms with van der Waals surface area (Å²) in [6, 6.07) is 2.03. The van der Waals surface area contributed by atoms with Crippen LogP contribution in [0, 0.1) is 12.8 Å². The largest absolute Gasteiger partial charge is 0.356 e. The van der Waals surface area contributed by atoms with E-state index in [1.165, 1.54) is 38.5 Å². The average Bonchev–Trinajstić information content (AvgIpc) is 3.00. The molecule has 3 aliphatic rings. The molecule has 4 heterocycles. The Balaban J connectivity index is 1.28. The molecule has 2 N–H and O–H groups in total. The third kappa shape index (κ3) is 3.59. The highest BCUT2D eigenvalue weighted by atomic mass is 15.3. The second-order valence-corrected chi connectivity index (χ2v) is 8.35. The molecule has 7 nitrogen and oxygen atoms in total. The molecule has 7 heteroatoms. The zero-order valence-corrected chi connectivity index (χ0v) is 16.4. The van der Waals surface area contributed by atoms with Crippen molar-refractivity contribution in [3.8, 4) is 0 Å². The Hall–Kier alpha value is -1.63. The van der Waals surface area contributed by atoms with E-state index in [0.717, 1.165) is 49.2 Å². The van der Waals surface area contributed by atoms with E-state index in [1.807, 2.05) is 14.0 Å². The van der Waals surface area contributed by atoms with Crippen LogP contribution in [0.3, 0.4) is 0 Å².